The summed E-state index contributed by atoms with van der Waals surface area (Å²) in [7, 11) is 0. The summed E-state index contributed by atoms with van der Waals surface area (Å²) in [6.07, 6.45) is 0. The standard InChI is InChI=1S/C13H8F2O2/c14-10-6-11(15)8-12(7-10)17-13(16)9-4-2-1-3-5-9/h1-8H. The Kier molecular flexibility index (Phi) is 3.14. The highest BCUT2D eigenvalue weighted by molar-refractivity contribution is 5.90. The van der Waals surface area contributed by atoms with Crippen LogP contribution >= 0.6 is 0 Å². The topological polar surface area (TPSA) is 26.3 Å². The highest BCUT2D eigenvalue weighted by atomic mass is 19.1. The molecule has 2 aromatic rings. The number of hydrogen-bond acceptors (Lipinski definition) is 2. The average Bonchev–Trinajstić information content (AvgIpc) is 2.28. The lowest BCUT2D eigenvalue weighted by Gasteiger charge is -2.04. The molecule has 0 atom stereocenters. The van der Waals surface area contributed by atoms with Gasteiger partial charge in [-0.25, -0.2) is 13.6 Å². The van der Waals surface area contributed by atoms with Gasteiger partial charge in [-0.05, 0) is 12.1 Å². The Bertz CT molecular complexity index is 518. The van der Waals surface area contributed by atoms with E-state index >= 15 is 0 Å². The van der Waals surface area contributed by atoms with E-state index in [0.717, 1.165) is 12.1 Å². The molecule has 0 amide bonds. The lowest BCUT2D eigenvalue weighted by Crippen LogP contribution is -2.08. The Morgan fingerprint density at radius 1 is 0.941 bits per heavy atom. The molecule has 2 rings (SSSR count). The van der Waals surface area contributed by atoms with Crippen molar-refractivity contribution in [2.45, 2.75) is 0 Å². The van der Waals surface area contributed by atoms with Crippen LogP contribution in [0.4, 0.5) is 8.78 Å². The molecule has 0 radical (unpaired) electrons. The van der Waals surface area contributed by atoms with Gasteiger partial charge in [-0.3, -0.25) is 0 Å². The van der Waals surface area contributed by atoms with Crippen LogP contribution in [-0.2, 0) is 0 Å². The third kappa shape index (κ3) is 2.87. The van der Waals surface area contributed by atoms with E-state index in [2.05, 4.69) is 0 Å². The molecule has 17 heavy (non-hydrogen) atoms. The minimum absolute atomic E-state index is 0.156. The molecule has 0 fully saturated rings. The molecule has 0 spiro atoms. The van der Waals surface area contributed by atoms with Crippen LogP contribution < -0.4 is 4.74 Å². The first-order valence-corrected chi connectivity index (χ1v) is 4.88. The van der Waals surface area contributed by atoms with Crippen LogP contribution in [0.5, 0.6) is 5.75 Å². The predicted octanol–water partition coefficient (Wildman–Crippen LogP) is 3.18. The second-order valence-electron chi connectivity index (χ2n) is 3.36. The van der Waals surface area contributed by atoms with Gasteiger partial charge in [0.05, 0.1) is 5.56 Å². The number of carbonyl (C=O) groups is 1. The third-order valence-corrected chi connectivity index (χ3v) is 2.06. The van der Waals surface area contributed by atoms with Gasteiger partial charge >= 0.3 is 5.97 Å². The third-order valence-electron chi connectivity index (χ3n) is 2.06. The van der Waals surface area contributed by atoms with Crippen LogP contribution in [0.15, 0.2) is 48.5 Å². The van der Waals surface area contributed by atoms with Crippen LogP contribution in [0.2, 0.25) is 0 Å². The Hall–Kier alpha value is -2.23. The van der Waals surface area contributed by atoms with Crippen LogP contribution in [0.3, 0.4) is 0 Å². The SMILES string of the molecule is O=C(Oc1cc(F)cc(F)c1)c1ccccc1. The molecule has 0 heterocycles. The van der Waals surface area contributed by atoms with Gasteiger partial charge in [0, 0.05) is 18.2 Å². The second-order valence-corrected chi connectivity index (χ2v) is 3.36. The number of benzene rings is 2. The predicted molar refractivity (Wildman–Crippen MR) is 57.8 cm³/mol. The smallest absolute Gasteiger partial charge is 0.343 e. The first-order chi connectivity index (χ1) is 8.15. The molecule has 0 N–H and O–H groups in total. The largest absolute Gasteiger partial charge is 0.423 e. The summed E-state index contributed by atoms with van der Waals surface area (Å²) in [5, 5.41) is 0. The van der Waals surface area contributed by atoms with Crippen LogP contribution in [0, 0.1) is 11.6 Å². The minimum Gasteiger partial charge on any atom is -0.423 e. The number of halogens is 2. The van der Waals surface area contributed by atoms with Crippen molar-refractivity contribution in [1.82, 2.24) is 0 Å². The maximum atomic E-state index is 12.8. The molecule has 0 bridgehead atoms. The maximum absolute atomic E-state index is 12.8. The quantitative estimate of drug-likeness (QED) is 0.589. The molecule has 0 saturated carbocycles. The van der Waals surface area contributed by atoms with Crippen LogP contribution in [-0.4, -0.2) is 5.97 Å². The van der Waals surface area contributed by atoms with Crippen molar-refractivity contribution in [3.05, 3.63) is 65.7 Å². The number of ether oxygens (including phenoxy) is 1. The summed E-state index contributed by atoms with van der Waals surface area (Å²) in [6.45, 7) is 0. The van der Waals surface area contributed by atoms with Gasteiger partial charge in [0.15, 0.2) is 0 Å². The van der Waals surface area contributed by atoms with E-state index in [0.29, 0.717) is 11.6 Å². The molecular weight excluding hydrogens is 226 g/mol. The average molecular weight is 234 g/mol. The van der Waals surface area contributed by atoms with E-state index in [1.165, 1.54) is 0 Å². The zero-order chi connectivity index (χ0) is 12.3. The van der Waals surface area contributed by atoms with Gasteiger partial charge in [0.2, 0.25) is 0 Å². The molecule has 0 aromatic heterocycles. The Morgan fingerprint density at radius 2 is 1.53 bits per heavy atom. The number of rotatable bonds is 2. The van der Waals surface area contributed by atoms with E-state index in [-0.39, 0.29) is 5.75 Å². The number of esters is 1. The zero-order valence-corrected chi connectivity index (χ0v) is 8.69. The summed E-state index contributed by atoms with van der Waals surface area (Å²) in [5.41, 5.74) is 0.317. The van der Waals surface area contributed by atoms with E-state index in [1.54, 1.807) is 30.3 Å². The fourth-order valence-electron chi connectivity index (χ4n) is 1.33. The van der Waals surface area contributed by atoms with Crippen molar-refractivity contribution in [2.75, 3.05) is 0 Å². The summed E-state index contributed by atoms with van der Waals surface area (Å²) in [6, 6.07) is 10.8. The van der Waals surface area contributed by atoms with Crippen molar-refractivity contribution < 1.29 is 18.3 Å². The van der Waals surface area contributed by atoms with Crippen molar-refractivity contribution in [2.24, 2.45) is 0 Å². The second kappa shape index (κ2) is 4.74. The molecule has 2 nitrogen and oxygen atoms in total. The van der Waals surface area contributed by atoms with Gasteiger partial charge in [0.1, 0.15) is 17.4 Å². The summed E-state index contributed by atoms with van der Waals surface area (Å²) in [4.78, 5) is 11.6. The van der Waals surface area contributed by atoms with Crippen molar-refractivity contribution in [3.8, 4) is 5.75 Å². The molecule has 0 aliphatic carbocycles. The normalized spacial score (nSPS) is 10.0. The first kappa shape index (κ1) is 11.3. The van der Waals surface area contributed by atoms with Gasteiger partial charge in [-0.15, -0.1) is 0 Å². The fourth-order valence-corrected chi connectivity index (χ4v) is 1.33. The fraction of sp³-hybridized carbons (Fsp3) is 0. The van der Waals surface area contributed by atoms with E-state index < -0.39 is 17.6 Å². The maximum Gasteiger partial charge on any atom is 0.343 e. The van der Waals surface area contributed by atoms with Gasteiger partial charge in [-0.2, -0.15) is 0 Å². The zero-order valence-electron chi connectivity index (χ0n) is 8.69. The monoisotopic (exact) mass is 234 g/mol. The van der Waals surface area contributed by atoms with Gasteiger partial charge in [0.25, 0.3) is 0 Å². The van der Waals surface area contributed by atoms with Crippen LogP contribution in [0.1, 0.15) is 10.4 Å². The van der Waals surface area contributed by atoms with Gasteiger partial charge < -0.3 is 4.74 Å². The molecule has 2 aromatic carbocycles. The molecule has 0 aliphatic rings. The highest BCUT2D eigenvalue weighted by Gasteiger charge is 2.09. The molecule has 0 aliphatic heterocycles. The van der Waals surface area contributed by atoms with Crippen molar-refractivity contribution in [1.29, 1.82) is 0 Å². The first-order valence-electron chi connectivity index (χ1n) is 4.88. The lowest BCUT2D eigenvalue weighted by molar-refractivity contribution is 0.0734. The van der Waals surface area contributed by atoms with E-state index in [1.807, 2.05) is 0 Å². The summed E-state index contributed by atoms with van der Waals surface area (Å²) < 4.78 is 30.5. The number of hydrogen-bond donors (Lipinski definition) is 0. The van der Waals surface area contributed by atoms with Crippen molar-refractivity contribution in [3.63, 3.8) is 0 Å². The summed E-state index contributed by atoms with van der Waals surface area (Å²) >= 11 is 0. The Labute approximate surface area is 96.5 Å². The molecule has 4 heteroatoms. The van der Waals surface area contributed by atoms with Crippen molar-refractivity contribution >= 4 is 5.97 Å². The molecule has 0 saturated heterocycles. The molecular formula is C13H8F2O2. The number of carbonyl (C=O) groups excluding carboxylic acids is 1. The van der Waals surface area contributed by atoms with E-state index in [4.69, 9.17) is 4.74 Å². The van der Waals surface area contributed by atoms with E-state index in [9.17, 15) is 13.6 Å². The lowest BCUT2D eigenvalue weighted by atomic mass is 10.2. The van der Waals surface area contributed by atoms with Crippen LogP contribution in [0.25, 0.3) is 0 Å². The Balaban J connectivity index is 2.19. The summed E-state index contributed by atoms with van der Waals surface area (Å²) in [5.74, 6) is -2.39. The minimum atomic E-state index is -0.791. The molecule has 86 valence electrons. The Morgan fingerprint density at radius 3 is 2.12 bits per heavy atom. The van der Waals surface area contributed by atoms with Gasteiger partial charge in [-0.1, -0.05) is 18.2 Å². The highest BCUT2D eigenvalue weighted by Crippen LogP contribution is 2.16. The molecule has 0 unspecified atom stereocenters.